The summed E-state index contributed by atoms with van der Waals surface area (Å²) in [6.45, 7) is 16.5. The van der Waals surface area contributed by atoms with Crippen LogP contribution in [0.2, 0.25) is 0 Å². The van der Waals surface area contributed by atoms with Gasteiger partial charge in [0.15, 0.2) is 0 Å². The molecule has 2 amide bonds. The van der Waals surface area contributed by atoms with Crippen LogP contribution in [0.1, 0.15) is 61.3 Å². The molecule has 10 heteroatoms. The van der Waals surface area contributed by atoms with Crippen molar-refractivity contribution >= 4 is 44.6 Å². The molecule has 1 saturated heterocycles. The molecule has 191 valence electrons. The van der Waals surface area contributed by atoms with E-state index in [2.05, 4.69) is 15.2 Å². The van der Waals surface area contributed by atoms with Gasteiger partial charge in [-0.15, -0.1) is 0 Å². The van der Waals surface area contributed by atoms with Crippen molar-refractivity contribution in [2.75, 3.05) is 38.0 Å². The summed E-state index contributed by atoms with van der Waals surface area (Å²) in [4.78, 5) is 32.8. The number of pyridine rings is 1. The van der Waals surface area contributed by atoms with Gasteiger partial charge in [0.1, 0.15) is 5.60 Å². The van der Waals surface area contributed by atoms with Gasteiger partial charge in [0.05, 0.1) is 0 Å². The molecule has 0 unspecified atom stereocenters. The Hall–Kier alpha value is -1.35. The molecule has 2 N–H and O–H groups in total. The van der Waals surface area contributed by atoms with Gasteiger partial charge in [-0.05, 0) is 20.8 Å². The number of nitrogens with one attached hydrogen (secondary N) is 1. The van der Waals surface area contributed by atoms with E-state index in [9.17, 15) is 14.7 Å². The predicted octanol–water partition coefficient (Wildman–Crippen LogP) is 2.16. The second-order valence-corrected chi connectivity index (χ2v) is 14.1. The Balaban J connectivity index is 1.71. The van der Waals surface area contributed by atoms with Crippen LogP contribution in [0, 0.1) is 0 Å². The molecule has 2 rings (SSSR count). The van der Waals surface area contributed by atoms with Crippen LogP contribution >= 0.6 is 0 Å². The molecular weight excluding hydrogens is 633 g/mol. The van der Waals surface area contributed by atoms with E-state index in [0.29, 0.717) is 25.2 Å². The molecule has 1 radical (unpaired) electrons. The fourth-order valence-corrected chi connectivity index (χ4v) is 6.35. The molecule has 0 aromatic carbocycles. The van der Waals surface area contributed by atoms with Crippen molar-refractivity contribution in [2.24, 2.45) is 0 Å². The van der Waals surface area contributed by atoms with Gasteiger partial charge in [-0.2, -0.15) is 0 Å². The Labute approximate surface area is 215 Å². The number of carbonyl (C=O) groups is 2. The summed E-state index contributed by atoms with van der Waals surface area (Å²) in [5.41, 5.74) is -1.42. The average Bonchev–Trinajstić information content (AvgIpc) is 2.71. The maximum atomic E-state index is 12.4. The first kappa shape index (κ1) is 28.9. The third kappa shape index (κ3) is 9.72. The monoisotopic (exact) mass is 673 g/mol. The summed E-state index contributed by atoms with van der Waals surface area (Å²) in [5, 5.41) is 13.2. The standard InChI is InChI=1S/C18H27N4O3.C6H13O2.Bi/c1-18(2,3)25-17(24)22-12-10-21(11-13-22)9-5-7-16(23)20-15-6-4-8-19-14-15;1-5(2,7)6(3,4)8;/h6,8,14H,5,7,9-13H2,1-3H3,(H,20,23);7H,1-4H3;/q;-1;+1. The van der Waals surface area contributed by atoms with Gasteiger partial charge in [0.25, 0.3) is 0 Å². The molecule has 0 atom stereocenters. The molecule has 0 bridgehead atoms. The number of anilines is 1. The summed E-state index contributed by atoms with van der Waals surface area (Å²) < 4.78 is 12.5. The number of aromatic nitrogens is 1. The first-order chi connectivity index (χ1) is 15.7. The molecule has 0 spiro atoms. The van der Waals surface area contributed by atoms with Gasteiger partial charge in [-0.1, -0.05) is 0 Å². The van der Waals surface area contributed by atoms with Crippen molar-refractivity contribution in [3.63, 3.8) is 0 Å². The number of ether oxygens (including phenoxy) is 1. The van der Waals surface area contributed by atoms with E-state index >= 15 is 0 Å². The van der Waals surface area contributed by atoms with Gasteiger partial charge < -0.3 is 4.74 Å². The van der Waals surface area contributed by atoms with E-state index in [1.54, 1.807) is 31.1 Å². The van der Waals surface area contributed by atoms with Crippen LogP contribution in [0.4, 0.5) is 10.5 Å². The van der Waals surface area contributed by atoms with Crippen molar-refractivity contribution in [3.05, 3.63) is 18.5 Å². The normalized spacial score (nSPS) is 15.8. The van der Waals surface area contributed by atoms with E-state index in [1.807, 2.05) is 40.7 Å². The molecule has 1 aliphatic rings. The third-order valence-corrected chi connectivity index (χ3v) is 9.66. The minimum atomic E-state index is -1.54. The zero-order valence-electron chi connectivity index (χ0n) is 21.6. The second kappa shape index (κ2) is 12.1. The molecule has 2 heterocycles. The summed E-state index contributed by atoms with van der Waals surface area (Å²) in [6.07, 6.45) is 4.30. The fraction of sp³-hybridized carbons (Fsp3) is 0.708. The zero-order valence-corrected chi connectivity index (χ0v) is 25.0. The van der Waals surface area contributed by atoms with Gasteiger partial charge in [0.2, 0.25) is 0 Å². The number of aliphatic hydroxyl groups is 1. The second-order valence-electron chi connectivity index (χ2n) is 10.6. The number of carbonyl (C=O) groups excluding carboxylic acids is 2. The van der Waals surface area contributed by atoms with Crippen molar-refractivity contribution in [3.8, 4) is 0 Å². The van der Waals surface area contributed by atoms with E-state index in [0.717, 1.165) is 29.3 Å². The number of amides is 2. The van der Waals surface area contributed by atoms with Crippen LogP contribution in [0.5, 0.6) is 0 Å². The Kier molecular flexibility index (Phi) is 10.2. The van der Waals surface area contributed by atoms with E-state index < -0.39 is 40.5 Å². The summed E-state index contributed by atoms with van der Waals surface area (Å²) in [5.74, 6) is -0.0456. The Morgan fingerprint density at radius 1 is 1.09 bits per heavy atom. The summed E-state index contributed by atoms with van der Waals surface area (Å²) >= 11 is -1.54. The Bertz CT molecular complexity index is 827. The van der Waals surface area contributed by atoms with Crippen molar-refractivity contribution in [2.45, 2.75) is 78.1 Å². The van der Waals surface area contributed by atoms with Gasteiger partial charge in [-0.3, -0.25) is 0 Å². The van der Waals surface area contributed by atoms with E-state index in [1.165, 1.54) is 0 Å². The SMILES string of the molecule is CC(C)(C)OC(=O)N1CCN(CCCC(=O)Nc2cnc[c]([Bi][O]C(C)(C)C(C)(C)O)c2)CC1. The van der Waals surface area contributed by atoms with E-state index in [-0.39, 0.29) is 12.0 Å². The van der Waals surface area contributed by atoms with Crippen LogP contribution in [-0.4, -0.2) is 105 Å². The first-order valence-corrected chi connectivity index (χ1v) is 14.9. The Morgan fingerprint density at radius 2 is 1.74 bits per heavy atom. The van der Waals surface area contributed by atoms with Crippen LogP contribution in [-0.2, 0) is 12.3 Å². The fourth-order valence-electron chi connectivity index (χ4n) is 2.99. The number of rotatable bonds is 9. The zero-order chi connectivity index (χ0) is 25.6. The first-order valence-electron chi connectivity index (χ1n) is 11.7. The molecular formula is C24H40BiN4O5. The number of nitrogens with zero attached hydrogens (tertiary/aromatic N) is 3. The summed E-state index contributed by atoms with van der Waals surface area (Å²) in [7, 11) is 0. The molecule has 0 aliphatic carbocycles. The molecule has 0 saturated carbocycles. The van der Waals surface area contributed by atoms with Crippen LogP contribution in [0.25, 0.3) is 0 Å². The number of piperazine rings is 1. The molecule has 34 heavy (non-hydrogen) atoms. The van der Waals surface area contributed by atoms with Crippen LogP contribution in [0.15, 0.2) is 18.5 Å². The molecule has 1 aromatic rings. The molecule has 9 nitrogen and oxygen atoms in total. The van der Waals surface area contributed by atoms with Crippen molar-refractivity contribution in [1.82, 2.24) is 14.8 Å². The number of hydrogen-bond donors (Lipinski definition) is 2. The Morgan fingerprint density at radius 3 is 2.32 bits per heavy atom. The van der Waals surface area contributed by atoms with Gasteiger partial charge in [0, 0.05) is 0 Å². The third-order valence-electron chi connectivity index (χ3n) is 5.76. The van der Waals surface area contributed by atoms with Crippen LogP contribution in [0.3, 0.4) is 0 Å². The molecule has 1 aromatic heterocycles. The summed E-state index contributed by atoms with van der Waals surface area (Å²) in [6, 6.07) is 1.91. The average molecular weight is 674 g/mol. The molecule has 1 aliphatic heterocycles. The topological polar surface area (TPSA) is 104 Å². The quantitative estimate of drug-likeness (QED) is 0.388. The van der Waals surface area contributed by atoms with Crippen molar-refractivity contribution < 1.29 is 22.2 Å². The van der Waals surface area contributed by atoms with E-state index in [4.69, 9.17) is 7.55 Å². The molecule has 1 fully saturated rings. The van der Waals surface area contributed by atoms with Gasteiger partial charge >= 0.3 is 180 Å². The van der Waals surface area contributed by atoms with Crippen LogP contribution < -0.4 is 8.59 Å². The minimum absolute atomic E-state index is 0.0456. The maximum absolute atomic E-state index is 12.4. The van der Waals surface area contributed by atoms with Gasteiger partial charge in [-0.25, -0.2) is 4.79 Å². The number of hydrogen-bond acceptors (Lipinski definition) is 7. The predicted molar refractivity (Wildman–Crippen MR) is 133 cm³/mol. The van der Waals surface area contributed by atoms with Crippen molar-refractivity contribution in [1.29, 1.82) is 0 Å².